The molecule has 11 aromatic carbocycles. The molecule has 0 bridgehead atoms. The minimum Gasteiger partial charge on any atom is -0.248 e. The highest BCUT2D eigenvalue weighted by atomic mass is 14.7. The van der Waals surface area contributed by atoms with Crippen LogP contribution in [0.1, 0.15) is 25.0 Å². The lowest BCUT2D eigenvalue weighted by molar-refractivity contribution is 0.660. The van der Waals surface area contributed by atoms with E-state index < -0.39 is 0 Å². The Balaban J connectivity index is 1.07. The van der Waals surface area contributed by atoms with Crippen molar-refractivity contribution >= 4 is 53.9 Å². The first-order valence-corrected chi connectivity index (χ1v) is 22.7. The van der Waals surface area contributed by atoms with Crippen molar-refractivity contribution in [1.29, 1.82) is 0 Å². The summed E-state index contributed by atoms with van der Waals surface area (Å²) in [5, 5.41) is 12.6. The van der Waals surface area contributed by atoms with Crippen molar-refractivity contribution in [2.75, 3.05) is 0 Å². The predicted octanol–water partition coefficient (Wildman–Crippen LogP) is 17.5. The van der Waals surface area contributed by atoms with Crippen LogP contribution >= 0.6 is 0 Å². The number of nitrogens with zero attached hydrogens (tertiary/aromatic N) is 1. The summed E-state index contributed by atoms with van der Waals surface area (Å²) in [6, 6.07) is 83.0. The summed E-state index contributed by atoms with van der Waals surface area (Å²) in [5.41, 5.74) is 16.4. The second-order valence-corrected chi connectivity index (χ2v) is 18.3. The molecule has 0 unspecified atom stereocenters. The van der Waals surface area contributed by atoms with Gasteiger partial charge in [0.05, 0.1) is 11.4 Å². The zero-order valence-corrected chi connectivity index (χ0v) is 36.3. The molecule has 0 N–H and O–H groups in total. The summed E-state index contributed by atoms with van der Waals surface area (Å²) in [4.78, 5) is 5.54. The van der Waals surface area contributed by atoms with Gasteiger partial charge in [0.15, 0.2) is 0 Å². The third-order valence-electron chi connectivity index (χ3n) is 14.2. The first kappa shape index (κ1) is 37.4. The van der Waals surface area contributed by atoms with Crippen molar-refractivity contribution < 1.29 is 0 Å². The number of benzene rings is 11. The van der Waals surface area contributed by atoms with Crippen LogP contribution in [0.2, 0.25) is 0 Å². The van der Waals surface area contributed by atoms with Gasteiger partial charge in [0.1, 0.15) is 0 Å². The highest BCUT2D eigenvalue weighted by molar-refractivity contribution is 6.26. The maximum Gasteiger partial charge on any atom is 0.0716 e. The molecule has 0 spiro atoms. The quantitative estimate of drug-likeness (QED) is 0.158. The number of pyridine rings is 1. The zero-order chi connectivity index (χ0) is 43.2. The Hall–Kier alpha value is -8.13. The van der Waals surface area contributed by atoms with Crippen molar-refractivity contribution in [3.8, 4) is 67.0 Å². The van der Waals surface area contributed by atoms with Crippen LogP contribution in [0.5, 0.6) is 0 Å². The van der Waals surface area contributed by atoms with Gasteiger partial charge in [-0.2, -0.15) is 0 Å². The molecule has 0 fully saturated rings. The molecule has 1 heteroatoms. The van der Waals surface area contributed by atoms with E-state index in [2.05, 4.69) is 238 Å². The summed E-state index contributed by atoms with van der Waals surface area (Å²) >= 11 is 0. The first-order valence-electron chi connectivity index (χ1n) is 22.7. The summed E-state index contributed by atoms with van der Waals surface area (Å²) in [5.74, 6) is 0. The maximum atomic E-state index is 5.54. The van der Waals surface area contributed by atoms with Crippen LogP contribution in [-0.4, -0.2) is 4.98 Å². The van der Waals surface area contributed by atoms with Crippen LogP contribution in [0.4, 0.5) is 0 Å². The van der Waals surface area contributed by atoms with Crippen molar-refractivity contribution in [3.63, 3.8) is 0 Å². The normalized spacial score (nSPS) is 12.9. The maximum absolute atomic E-state index is 5.54. The minimum atomic E-state index is -0.108. The fourth-order valence-electron chi connectivity index (χ4n) is 11.0. The van der Waals surface area contributed by atoms with Crippen molar-refractivity contribution in [2.45, 2.75) is 19.3 Å². The molecule has 0 saturated carbocycles. The number of hydrogen-bond acceptors (Lipinski definition) is 1. The van der Waals surface area contributed by atoms with E-state index in [9.17, 15) is 0 Å². The van der Waals surface area contributed by atoms with Crippen LogP contribution in [0.25, 0.3) is 121 Å². The van der Waals surface area contributed by atoms with Gasteiger partial charge >= 0.3 is 0 Å². The van der Waals surface area contributed by atoms with Crippen LogP contribution < -0.4 is 0 Å². The van der Waals surface area contributed by atoms with Gasteiger partial charge in [-0.15, -0.1) is 0 Å². The van der Waals surface area contributed by atoms with Gasteiger partial charge in [-0.25, -0.2) is 4.98 Å². The van der Waals surface area contributed by atoms with Gasteiger partial charge in [0.2, 0.25) is 0 Å². The number of rotatable bonds is 5. The third kappa shape index (κ3) is 5.96. The molecule has 65 heavy (non-hydrogen) atoms. The lowest BCUT2D eigenvalue weighted by Gasteiger charge is -2.22. The zero-order valence-electron chi connectivity index (χ0n) is 36.3. The van der Waals surface area contributed by atoms with Gasteiger partial charge in [0, 0.05) is 16.5 Å². The molecule has 13 rings (SSSR count). The van der Waals surface area contributed by atoms with Crippen LogP contribution in [0, 0.1) is 0 Å². The van der Waals surface area contributed by atoms with E-state index in [1.165, 1.54) is 92.8 Å². The molecule has 0 saturated heterocycles. The lowest BCUT2D eigenvalue weighted by atomic mass is 9.81. The molecular formula is C64H43N. The highest BCUT2D eigenvalue weighted by Crippen LogP contribution is 2.50. The smallest absolute Gasteiger partial charge is 0.0716 e. The predicted molar refractivity (Wildman–Crippen MR) is 277 cm³/mol. The van der Waals surface area contributed by atoms with Crippen LogP contribution in [0.15, 0.2) is 224 Å². The molecule has 0 aliphatic heterocycles. The van der Waals surface area contributed by atoms with Crippen molar-refractivity contribution in [3.05, 3.63) is 236 Å². The topological polar surface area (TPSA) is 12.9 Å². The molecule has 304 valence electrons. The second kappa shape index (κ2) is 14.5. The van der Waals surface area contributed by atoms with E-state index in [0.717, 1.165) is 39.2 Å². The van der Waals surface area contributed by atoms with Gasteiger partial charge in [-0.05, 0) is 158 Å². The monoisotopic (exact) mass is 825 g/mol. The molecule has 1 aliphatic carbocycles. The lowest BCUT2D eigenvalue weighted by Crippen LogP contribution is -2.14. The van der Waals surface area contributed by atoms with Gasteiger partial charge in [-0.1, -0.05) is 190 Å². The van der Waals surface area contributed by atoms with Gasteiger partial charge in [-0.3, -0.25) is 0 Å². The Morgan fingerprint density at radius 3 is 1.49 bits per heavy atom. The van der Waals surface area contributed by atoms with Crippen LogP contribution in [0.3, 0.4) is 0 Å². The van der Waals surface area contributed by atoms with E-state index in [1.54, 1.807) is 0 Å². The second-order valence-electron chi connectivity index (χ2n) is 18.3. The van der Waals surface area contributed by atoms with E-state index in [4.69, 9.17) is 4.98 Å². The average molecular weight is 826 g/mol. The molecule has 0 amide bonds. The molecule has 1 heterocycles. The Labute approximate surface area is 378 Å². The van der Waals surface area contributed by atoms with Gasteiger partial charge < -0.3 is 0 Å². The van der Waals surface area contributed by atoms with Crippen molar-refractivity contribution in [2.24, 2.45) is 0 Å². The molecule has 1 aliphatic rings. The number of fused-ring (bicyclic) bond motifs is 12. The number of hydrogen-bond donors (Lipinski definition) is 0. The molecule has 0 atom stereocenters. The number of aromatic nitrogens is 1. The van der Waals surface area contributed by atoms with E-state index >= 15 is 0 Å². The SMILES string of the molecule is CC1(C)c2ccccc2-c2ccc(-c3cc(-c4ccccc4)nc(-c4cc(-c5ccc6c7ccccc7c7ccccc7c6c5)cc(-c5cc6ccccc6c6ccccc56)c4)c3)cc21. The standard InChI is InChI=1S/C64H43N/c1-64(2)60-27-15-14-26-56(60)57-31-29-42(37-61(57)64)45-38-62(40-16-4-3-5-17-40)65-63(39-45)47-33-44(32-46(34-47)58-36-43-18-6-7-19-48(43)49-20-8-12-24-53(49)58)41-28-30-55-52-23-10-9-21-50(52)51-22-11-13-25-54(51)59(55)35-41/h3-39H,1-2H3. The molecule has 0 radical (unpaired) electrons. The van der Waals surface area contributed by atoms with E-state index in [-0.39, 0.29) is 5.41 Å². The van der Waals surface area contributed by atoms with E-state index in [0.29, 0.717) is 0 Å². The molecular weight excluding hydrogens is 783 g/mol. The van der Waals surface area contributed by atoms with Gasteiger partial charge in [0.25, 0.3) is 0 Å². The highest BCUT2D eigenvalue weighted by Gasteiger charge is 2.35. The Morgan fingerprint density at radius 2 is 0.754 bits per heavy atom. The summed E-state index contributed by atoms with van der Waals surface area (Å²) in [6.45, 7) is 4.72. The molecule has 12 aromatic rings. The Morgan fingerprint density at radius 1 is 0.262 bits per heavy atom. The molecule has 1 aromatic heterocycles. The summed E-state index contributed by atoms with van der Waals surface area (Å²) in [7, 11) is 0. The average Bonchev–Trinajstić information content (AvgIpc) is 3.61. The Kier molecular flexibility index (Phi) is 8.32. The Bertz CT molecular complexity index is 3880. The largest absolute Gasteiger partial charge is 0.248 e. The summed E-state index contributed by atoms with van der Waals surface area (Å²) in [6.07, 6.45) is 0. The summed E-state index contributed by atoms with van der Waals surface area (Å²) < 4.78 is 0. The molecule has 1 nitrogen and oxygen atoms in total. The van der Waals surface area contributed by atoms with Crippen molar-refractivity contribution in [1.82, 2.24) is 4.98 Å². The first-order chi connectivity index (χ1) is 32.0. The third-order valence-corrected chi connectivity index (χ3v) is 14.2. The van der Waals surface area contributed by atoms with E-state index in [1.807, 2.05) is 0 Å². The fourth-order valence-corrected chi connectivity index (χ4v) is 11.0. The minimum absolute atomic E-state index is 0.108. The fraction of sp³-hybridized carbons (Fsp3) is 0.0469. The van der Waals surface area contributed by atoms with Crippen LogP contribution in [-0.2, 0) is 5.41 Å².